The van der Waals surface area contributed by atoms with E-state index in [1.807, 2.05) is 30.3 Å². The van der Waals surface area contributed by atoms with Crippen molar-refractivity contribution in [1.29, 1.82) is 0 Å². The third kappa shape index (κ3) is 3.21. The number of hydrogen-bond donors (Lipinski definition) is 0. The number of benzene rings is 1. The monoisotopic (exact) mass is 375 g/mol. The van der Waals surface area contributed by atoms with Crippen LogP contribution in [0.2, 0.25) is 0 Å². The topological polar surface area (TPSA) is 81.5 Å². The highest BCUT2D eigenvalue weighted by Crippen LogP contribution is 2.30. The maximum atomic E-state index is 12.8. The lowest BCUT2D eigenvalue weighted by Gasteiger charge is -2.18. The van der Waals surface area contributed by atoms with Crippen molar-refractivity contribution in [3.05, 3.63) is 47.7 Å². The van der Waals surface area contributed by atoms with Crippen LogP contribution in [-0.4, -0.2) is 54.5 Å². The Hall–Kier alpha value is -2.35. The molecule has 1 unspecified atom stereocenters. The van der Waals surface area contributed by atoms with Gasteiger partial charge in [-0.1, -0.05) is 30.3 Å². The molecule has 4 rings (SSSR count). The number of carbonyl (C=O) groups is 1. The molecule has 2 aromatic rings. The number of carbonyl (C=O) groups excluding carboxylic acids is 1. The highest BCUT2D eigenvalue weighted by molar-refractivity contribution is 7.91. The minimum atomic E-state index is -3.31. The van der Waals surface area contributed by atoms with Crippen LogP contribution in [0.5, 0.6) is 5.88 Å². The molecule has 2 aliphatic heterocycles. The number of ether oxygens (including phenoxy) is 1. The van der Waals surface area contributed by atoms with Crippen LogP contribution in [0, 0.1) is 0 Å². The number of nitrogens with zero attached hydrogens (tertiary/aromatic N) is 3. The largest absolute Gasteiger partial charge is 0.478 e. The summed E-state index contributed by atoms with van der Waals surface area (Å²) in [5.41, 5.74) is 1.10. The zero-order valence-electron chi connectivity index (χ0n) is 14.4. The van der Waals surface area contributed by atoms with Crippen molar-refractivity contribution in [2.75, 3.05) is 25.4 Å². The Morgan fingerprint density at radius 1 is 1.15 bits per heavy atom. The summed E-state index contributed by atoms with van der Waals surface area (Å²) in [7, 11) is -3.31. The van der Waals surface area contributed by atoms with Gasteiger partial charge in [-0.15, -0.1) is 0 Å². The van der Waals surface area contributed by atoms with Crippen molar-refractivity contribution >= 4 is 15.7 Å². The predicted octanol–water partition coefficient (Wildman–Crippen LogP) is 1.67. The second-order valence-corrected chi connectivity index (χ2v) is 8.94. The van der Waals surface area contributed by atoms with E-state index in [1.165, 1.54) is 0 Å². The summed E-state index contributed by atoms with van der Waals surface area (Å²) >= 11 is 0. The second kappa shape index (κ2) is 6.75. The van der Waals surface area contributed by atoms with E-state index in [1.54, 1.807) is 15.6 Å². The molecule has 1 atom stereocenters. The van der Waals surface area contributed by atoms with E-state index >= 15 is 0 Å². The molecule has 0 radical (unpaired) electrons. The summed E-state index contributed by atoms with van der Waals surface area (Å²) in [5.74, 6) is 0.325. The van der Waals surface area contributed by atoms with Crippen LogP contribution in [0.4, 0.5) is 0 Å². The molecule has 2 aliphatic rings. The fraction of sp³-hybridized carbons (Fsp3) is 0.444. The fourth-order valence-electron chi connectivity index (χ4n) is 3.52. The lowest BCUT2D eigenvalue weighted by Crippen LogP contribution is -2.34. The quantitative estimate of drug-likeness (QED) is 0.797. The maximum absolute atomic E-state index is 12.8. The van der Waals surface area contributed by atoms with Gasteiger partial charge in [0, 0.05) is 32.1 Å². The molecule has 1 fully saturated rings. The molecule has 26 heavy (non-hydrogen) atoms. The first-order valence-electron chi connectivity index (χ1n) is 8.81. The van der Waals surface area contributed by atoms with Gasteiger partial charge in [0.05, 0.1) is 17.6 Å². The van der Waals surface area contributed by atoms with E-state index in [2.05, 4.69) is 5.10 Å². The summed E-state index contributed by atoms with van der Waals surface area (Å²) in [6.45, 7) is 1.93. The van der Waals surface area contributed by atoms with Crippen LogP contribution >= 0.6 is 0 Å². The van der Waals surface area contributed by atoms with Crippen molar-refractivity contribution in [2.24, 2.45) is 0 Å². The van der Waals surface area contributed by atoms with Crippen molar-refractivity contribution in [2.45, 2.75) is 24.6 Å². The van der Waals surface area contributed by atoms with Crippen LogP contribution in [0.1, 0.15) is 34.1 Å². The van der Waals surface area contributed by atoms with E-state index in [-0.39, 0.29) is 18.2 Å². The smallest absolute Gasteiger partial charge is 0.274 e. The van der Waals surface area contributed by atoms with Crippen LogP contribution in [0.3, 0.4) is 0 Å². The molecule has 7 nitrogen and oxygen atoms in total. The Morgan fingerprint density at radius 2 is 1.96 bits per heavy atom. The van der Waals surface area contributed by atoms with Crippen molar-refractivity contribution in [1.82, 2.24) is 14.7 Å². The Labute approximate surface area is 152 Å². The Kier molecular flexibility index (Phi) is 4.44. The molecular weight excluding hydrogens is 354 g/mol. The van der Waals surface area contributed by atoms with Crippen LogP contribution < -0.4 is 4.74 Å². The first kappa shape index (κ1) is 17.1. The van der Waals surface area contributed by atoms with Gasteiger partial charge in [-0.25, -0.2) is 13.1 Å². The third-order valence-corrected chi connectivity index (χ3v) is 7.05. The second-order valence-electron chi connectivity index (χ2n) is 6.64. The van der Waals surface area contributed by atoms with Gasteiger partial charge in [0.2, 0.25) is 5.88 Å². The standard InChI is InChI=1S/C18H21N3O4S/c22-18(15-13-17-21(19-15)8-4-11-25-17)20-9-7-16(26(23,24)12-10-20)14-5-2-1-3-6-14/h1-3,5-6,13,16H,4,7-12H2. The zero-order valence-corrected chi connectivity index (χ0v) is 15.2. The maximum Gasteiger partial charge on any atom is 0.274 e. The normalized spacial score (nSPS) is 22.2. The third-order valence-electron chi connectivity index (χ3n) is 4.93. The zero-order chi connectivity index (χ0) is 18.1. The Morgan fingerprint density at radius 3 is 2.73 bits per heavy atom. The van der Waals surface area contributed by atoms with Gasteiger partial charge in [-0.3, -0.25) is 4.79 Å². The van der Waals surface area contributed by atoms with Gasteiger partial charge < -0.3 is 9.64 Å². The van der Waals surface area contributed by atoms with Crippen LogP contribution in [0.15, 0.2) is 36.4 Å². The summed E-state index contributed by atoms with van der Waals surface area (Å²) in [6.07, 6.45) is 1.26. The van der Waals surface area contributed by atoms with Gasteiger partial charge in [0.15, 0.2) is 15.5 Å². The van der Waals surface area contributed by atoms with Crippen molar-refractivity contribution in [3.63, 3.8) is 0 Å². The van der Waals surface area contributed by atoms with Crippen molar-refractivity contribution < 1.29 is 17.9 Å². The van der Waals surface area contributed by atoms with E-state index in [9.17, 15) is 13.2 Å². The minimum Gasteiger partial charge on any atom is -0.478 e. The van der Waals surface area contributed by atoms with Gasteiger partial charge >= 0.3 is 0 Å². The molecule has 3 heterocycles. The van der Waals surface area contributed by atoms with Gasteiger partial charge in [-0.05, 0) is 12.0 Å². The minimum absolute atomic E-state index is 0.0393. The number of aryl methyl sites for hydroxylation is 1. The van der Waals surface area contributed by atoms with E-state index in [0.717, 1.165) is 18.5 Å². The first-order chi connectivity index (χ1) is 12.5. The molecule has 0 N–H and O–H groups in total. The lowest BCUT2D eigenvalue weighted by atomic mass is 10.1. The highest BCUT2D eigenvalue weighted by atomic mass is 32.2. The summed E-state index contributed by atoms with van der Waals surface area (Å²) < 4.78 is 32.6. The number of rotatable bonds is 2. The summed E-state index contributed by atoms with van der Waals surface area (Å²) in [4.78, 5) is 14.4. The molecule has 0 saturated carbocycles. The molecule has 1 aromatic heterocycles. The Balaban J connectivity index is 1.54. The first-order valence-corrected chi connectivity index (χ1v) is 10.5. The van der Waals surface area contributed by atoms with Crippen LogP contribution in [0.25, 0.3) is 0 Å². The molecule has 138 valence electrons. The van der Waals surface area contributed by atoms with Gasteiger partial charge in [0.1, 0.15) is 0 Å². The molecule has 8 heteroatoms. The van der Waals surface area contributed by atoms with Gasteiger partial charge in [0.25, 0.3) is 5.91 Å². The summed E-state index contributed by atoms with van der Waals surface area (Å²) in [5, 5.41) is 3.75. The molecule has 0 spiro atoms. The molecule has 1 amide bonds. The number of fused-ring (bicyclic) bond motifs is 1. The lowest BCUT2D eigenvalue weighted by molar-refractivity contribution is 0.0759. The highest BCUT2D eigenvalue weighted by Gasteiger charge is 2.33. The molecule has 1 aromatic carbocycles. The van der Waals surface area contributed by atoms with E-state index in [0.29, 0.717) is 31.1 Å². The average Bonchev–Trinajstić information content (AvgIpc) is 3.01. The summed E-state index contributed by atoms with van der Waals surface area (Å²) in [6, 6.07) is 10.9. The number of sulfone groups is 1. The predicted molar refractivity (Wildman–Crippen MR) is 95.8 cm³/mol. The fourth-order valence-corrected chi connectivity index (χ4v) is 5.32. The average molecular weight is 375 g/mol. The van der Waals surface area contributed by atoms with Crippen molar-refractivity contribution in [3.8, 4) is 5.88 Å². The molecule has 0 bridgehead atoms. The SMILES string of the molecule is O=C(c1cc2n(n1)CCCO2)N1CCC(c2ccccc2)S(=O)(=O)CC1. The van der Waals surface area contributed by atoms with Crippen LogP contribution in [-0.2, 0) is 16.4 Å². The Bertz CT molecular complexity index is 884. The molecule has 1 saturated heterocycles. The number of aromatic nitrogens is 2. The number of amides is 1. The molecule has 0 aliphatic carbocycles. The van der Waals surface area contributed by atoms with E-state index in [4.69, 9.17) is 4.74 Å². The number of hydrogen-bond acceptors (Lipinski definition) is 5. The van der Waals surface area contributed by atoms with E-state index < -0.39 is 15.1 Å². The van der Waals surface area contributed by atoms with Gasteiger partial charge in [-0.2, -0.15) is 5.10 Å². The molecular formula is C18H21N3O4S.